The summed E-state index contributed by atoms with van der Waals surface area (Å²) in [5.41, 5.74) is 2.50. The number of fused-ring (bicyclic) bond motifs is 1. The average molecular weight is 279 g/mol. The summed E-state index contributed by atoms with van der Waals surface area (Å²) in [6.45, 7) is 3.86. The number of nitrogens with zero attached hydrogens (tertiary/aromatic N) is 1. The molecule has 0 bridgehead atoms. The number of aryl methyl sites for hydroxylation is 1. The van der Waals surface area contributed by atoms with Crippen molar-refractivity contribution in [3.8, 4) is 0 Å². The molecular weight excluding hydrogens is 264 g/mol. The maximum atomic E-state index is 10.8. The minimum atomic E-state index is -0.895. The van der Waals surface area contributed by atoms with E-state index in [9.17, 15) is 4.79 Å². The van der Waals surface area contributed by atoms with Crippen LogP contribution in [0.15, 0.2) is 24.3 Å². The number of hydrogen-bond donors (Lipinski definition) is 2. The Morgan fingerprint density at radius 2 is 2.16 bits per heavy atom. The molecule has 0 aliphatic carbocycles. The number of rotatable bonds is 4. The van der Waals surface area contributed by atoms with Crippen molar-refractivity contribution in [2.45, 2.75) is 26.4 Å². The van der Waals surface area contributed by atoms with Crippen LogP contribution in [0.4, 0.5) is 0 Å². The van der Waals surface area contributed by atoms with E-state index in [1.54, 1.807) is 6.92 Å². The molecule has 4 nitrogen and oxygen atoms in total. The van der Waals surface area contributed by atoms with Gasteiger partial charge in [0.2, 0.25) is 0 Å². The number of nitrogens with one attached hydrogen (secondary N) is 1. The lowest BCUT2D eigenvalue weighted by Gasteiger charge is -2.12. The van der Waals surface area contributed by atoms with E-state index in [4.69, 9.17) is 16.7 Å². The first-order chi connectivity index (χ1) is 9.00. The van der Waals surface area contributed by atoms with Gasteiger partial charge in [0.1, 0.15) is 6.04 Å². The molecule has 0 saturated carbocycles. The topological polar surface area (TPSA) is 62.2 Å². The summed E-state index contributed by atoms with van der Waals surface area (Å²) in [6.07, 6.45) is 0. The van der Waals surface area contributed by atoms with Crippen molar-refractivity contribution >= 4 is 28.5 Å². The number of carboxylic acids is 1. The molecule has 0 saturated heterocycles. The van der Waals surface area contributed by atoms with Crippen molar-refractivity contribution in [2.75, 3.05) is 0 Å². The van der Waals surface area contributed by atoms with Crippen molar-refractivity contribution in [3.63, 3.8) is 0 Å². The number of carboxylic acid groups (broad SMARTS) is 1. The van der Waals surface area contributed by atoms with Gasteiger partial charge in [-0.05, 0) is 25.5 Å². The van der Waals surface area contributed by atoms with Crippen molar-refractivity contribution in [3.05, 3.63) is 40.5 Å². The van der Waals surface area contributed by atoms with Gasteiger partial charge in [0, 0.05) is 11.9 Å². The summed E-state index contributed by atoms with van der Waals surface area (Å²) >= 11 is 6.29. The van der Waals surface area contributed by atoms with Crippen LogP contribution in [0, 0.1) is 6.92 Å². The molecule has 1 unspecified atom stereocenters. The van der Waals surface area contributed by atoms with Crippen LogP contribution in [0.2, 0.25) is 5.02 Å². The van der Waals surface area contributed by atoms with Gasteiger partial charge >= 0.3 is 5.97 Å². The maximum Gasteiger partial charge on any atom is 0.320 e. The van der Waals surface area contributed by atoms with Crippen molar-refractivity contribution in [1.29, 1.82) is 0 Å². The molecule has 0 amide bonds. The van der Waals surface area contributed by atoms with Gasteiger partial charge in [0.15, 0.2) is 0 Å². The maximum absolute atomic E-state index is 10.8. The van der Waals surface area contributed by atoms with E-state index in [-0.39, 0.29) is 0 Å². The lowest BCUT2D eigenvalue weighted by atomic mass is 10.1. The third kappa shape index (κ3) is 2.85. The van der Waals surface area contributed by atoms with Crippen LogP contribution in [0.25, 0.3) is 10.9 Å². The summed E-state index contributed by atoms with van der Waals surface area (Å²) in [5.74, 6) is -0.895. The quantitative estimate of drug-likeness (QED) is 0.903. The molecule has 1 heterocycles. The average Bonchev–Trinajstić information content (AvgIpc) is 2.40. The Labute approximate surface area is 116 Å². The number of benzene rings is 1. The Morgan fingerprint density at radius 3 is 2.84 bits per heavy atom. The molecule has 2 rings (SSSR count). The molecular formula is C14H15ClN2O2. The molecule has 2 N–H and O–H groups in total. The number of para-hydroxylation sites is 1. The normalized spacial score (nSPS) is 12.6. The zero-order valence-electron chi connectivity index (χ0n) is 10.8. The Hall–Kier alpha value is -1.65. The van der Waals surface area contributed by atoms with Crippen LogP contribution >= 0.6 is 11.6 Å². The van der Waals surface area contributed by atoms with Gasteiger partial charge in [-0.25, -0.2) is 4.98 Å². The van der Waals surface area contributed by atoms with Crippen molar-refractivity contribution < 1.29 is 9.90 Å². The highest BCUT2D eigenvalue weighted by molar-refractivity contribution is 6.32. The zero-order chi connectivity index (χ0) is 14.0. The molecule has 5 heteroatoms. The third-order valence-corrected chi connectivity index (χ3v) is 3.59. The number of hydrogen-bond acceptors (Lipinski definition) is 3. The molecule has 1 aromatic heterocycles. The van der Waals surface area contributed by atoms with Crippen LogP contribution in [-0.2, 0) is 11.3 Å². The van der Waals surface area contributed by atoms with Gasteiger partial charge in [-0.3, -0.25) is 10.1 Å². The van der Waals surface area contributed by atoms with E-state index in [0.29, 0.717) is 17.3 Å². The Balaban J connectivity index is 2.33. The van der Waals surface area contributed by atoms with Gasteiger partial charge in [-0.15, -0.1) is 0 Å². The number of aromatic nitrogens is 1. The second-order valence-electron chi connectivity index (χ2n) is 4.46. The van der Waals surface area contributed by atoms with Crippen LogP contribution in [0.1, 0.15) is 18.2 Å². The highest BCUT2D eigenvalue weighted by Crippen LogP contribution is 2.26. The lowest BCUT2D eigenvalue weighted by Crippen LogP contribution is -2.33. The Bertz CT molecular complexity index is 628. The lowest BCUT2D eigenvalue weighted by molar-refractivity contribution is -0.139. The van der Waals surface area contributed by atoms with Gasteiger partial charge < -0.3 is 5.11 Å². The number of carbonyl (C=O) groups is 1. The fourth-order valence-electron chi connectivity index (χ4n) is 1.87. The van der Waals surface area contributed by atoms with Crippen LogP contribution in [-0.4, -0.2) is 22.1 Å². The monoisotopic (exact) mass is 278 g/mol. The standard InChI is InChI=1S/C14H15ClN2O2/c1-8-10-5-3-4-6-11(10)17-12(13(8)15)7-16-9(2)14(18)19/h3-6,9,16H,7H2,1-2H3,(H,18,19). The summed E-state index contributed by atoms with van der Waals surface area (Å²) in [6, 6.07) is 7.12. The molecule has 19 heavy (non-hydrogen) atoms. The van der Waals surface area contributed by atoms with E-state index < -0.39 is 12.0 Å². The van der Waals surface area contributed by atoms with Crippen molar-refractivity contribution in [1.82, 2.24) is 10.3 Å². The highest BCUT2D eigenvalue weighted by Gasteiger charge is 2.13. The molecule has 2 aromatic rings. The fourth-order valence-corrected chi connectivity index (χ4v) is 2.08. The van der Waals surface area contributed by atoms with E-state index in [1.165, 1.54) is 0 Å². The predicted octanol–water partition coefficient (Wildman–Crippen LogP) is 2.76. The smallest absolute Gasteiger partial charge is 0.320 e. The second kappa shape index (κ2) is 5.55. The molecule has 1 atom stereocenters. The van der Waals surface area contributed by atoms with Crippen LogP contribution in [0.5, 0.6) is 0 Å². The Morgan fingerprint density at radius 1 is 1.47 bits per heavy atom. The number of halogens is 1. The summed E-state index contributed by atoms with van der Waals surface area (Å²) in [7, 11) is 0. The van der Waals surface area contributed by atoms with Gasteiger partial charge in [-0.1, -0.05) is 29.8 Å². The summed E-state index contributed by atoms with van der Waals surface area (Å²) < 4.78 is 0. The molecule has 0 fully saturated rings. The van der Waals surface area contributed by atoms with E-state index in [1.807, 2.05) is 31.2 Å². The van der Waals surface area contributed by atoms with Crippen LogP contribution < -0.4 is 5.32 Å². The number of aliphatic carboxylic acids is 1. The largest absolute Gasteiger partial charge is 0.480 e. The Kier molecular flexibility index (Phi) is 4.02. The minimum Gasteiger partial charge on any atom is -0.480 e. The molecule has 100 valence electrons. The highest BCUT2D eigenvalue weighted by atomic mass is 35.5. The van der Waals surface area contributed by atoms with E-state index >= 15 is 0 Å². The van der Waals surface area contributed by atoms with Crippen molar-refractivity contribution in [2.24, 2.45) is 0 Å². The summed E-state index contributed by atoms with van der Waals surface area (Å²) in [5, 5.41) is 13.3. The second-order valence-corrected chi connectivity index (χ2v) is 4.83. The van der Waals surface area contributed by atoms with Gasteiger partial charge in [0.05, 0.1) is 16.2 Å². The molecule has 0 aliphatic heterocycles. The molecule has 0 radical (unpaired) electrons. The SMILES string of the molecule is Cc1c(Cl)c(CNC(C)C(=O)O)nc2ccccc12. The number of pyridine rings is 1. The first-order valence-corrected chi connectivity index (χ1v) is 6.38. The molecule has 0 aliphatic rings. The first-order valence-electron chi connectivity index (χ1n) is 6.00. The van der Waals surface area contributed by atoms with Crippen LogP contribution in [0.3, 0.4) is 0 Å². The summed E-state index contributed by atoms with van der Waals surface area (Å²) in [4.78, 5) is 15.2. The third-order valence-electron chi connectivity index (χ3n) is 3.09. The van der Waals surface area contributed by atoms with E-state index in [0.717, 1.165) is 16.5 Å². The predicted molar refractivity (Wildman–Crippen MR) is 75.4 cm³/mol. The zero-order valence-corrected chi connectivity index (χ0v) is 11.5. The first kappa shape index (κ1) is 13.8. The molecule has 0 spiro atoms. The fraction of sp³-hybridized carbons (Fsp3) is 0.286. The minimum absolute atomic E-state index is 0.331. The molecule has 1 aromatic carbocycles. The van der Waals surface area contributed by atoms with Gasteiger partial charge in [-0.2, -0.15) is 0 Å². The van der Waals surface area contributed by atoms with Gasteiger partial charge in [0.25, 0.3) is 0 Å². The van der Waals surface area contributed by atoms with E-state index in [2.05, 4.69) is 10.3 Å².